The van der Waals surface area contributed by atoms with Gasteiger partial charge in [-0.1, -0.05) is 12.1 Å². The van der Waals surface area contributed by atoms with Crippen molar-refractivity contribution in [2.45, 2.75) is 37.7 Å². The Morgan fingerprint density at radius 2 is 1.47 bits per heavy atom. The van der Waals surface area contributed by atoms with Crippen LogP contribution in [0.4, 0.5) is 30.7 Å². The van der Waals surface area contributed by atoms with Crippen LogP contribution in [0.5, 0.6) is 0 Å². The lowest BCUT2D eigenvalue weighted by molar-refractivity contribution is -0.200. The van der Waals surface area contributed by atoms with Crippen LogP contribution in [0, 0.1) is 5.82 Å². The topological polar surface area (TPSA) is 105 Å². The third-order valence-corrected chi connectivity index (χ3v) is 4.85. The molecular weight excluding hydrogens is 507 g/mol. The van der Waals surface area contributed by atoms with Crippen LogP contribution in [0.1, 0.15) is 41.3 Å². The molecule has 36 heavy (non-hydrogen) atoms. The maximum Gasteiger partial charge on any atom is 0.416 e. The molecular formula is C22H20F7NO6. The van der Waals surface area contributed by atoms with Gasteiger partial charge in [0, 0.05) is 6.54 Å². The summed E-state index contributed by atoms with van der Waals surface area (Å²) in [6, 6.07) is 6.20. The number of hydrogen-bond acceptors (Lipinski definition) is 5. The second-order valence-corrected chi connectivity index (χ2v) is 7.45. The summed E-state index contributed by atoms with van der Waals surface area (Å²) in [6.07, 6.45) is -12.0. The highest BCUT2D eigenvalue weighted by atomic mass is 19.4. The van der Waals surface area contributed by atoms with Crippen LogP contribution in [0.3, 0.4) is 0 Å². The van der Waals surface area contributed by atoms with Crippen molar-refractivity contribution in [2.24, 2.45) is 0 Å². The fraction of sp³-hybridized carbons (Fsp3) is 0.364. The number of ether oxygens (including phenoxy) is 2. The highest BCUT2D eigenvalue weighted by molar-refractivity contribution is 6.27. The highest BCUT2D eigenvalue weighted by Crippen LogP contribution is 2.38. The van der Waals surface area contributed by atoms with E-state index in [1.807, 2.05) is 0 Å². The number of halogens is 7. The molecule has 1 heterocycles. The summed E-state index contributed by atoms with van der Waals surface area (Å²) in [6.45, 7) is 2.01. The van der Waals surface area contributed by atoms with Gasteiger partial charge in [-0.05, 0) is 48.4 Å². The van der Waals surface area contributed by atoms with Crippen molar-refractivity contribution in [2.75, 3.05) is 13.2 Å². The standard InChI is InChI=1S/C20H18F7NO2.C2H2O4/c1-11(13-8-14(19(22,23)24)10-15(9-13)20(25,26)27)30-18-17(28-6-7-29-18)12-2-4-16(21)5-3-12;3-1(4)2(5)6/h2-5,8-11,17-18,28H,6-7H2,1H3;(H,3,4)(H,5,6)/t11-,17+,18-;/m1./s1. The molecule has 1 aliphatic heterocycles. The first kappa shape index (κ1) is 29.0. The molecule has 1 fully saturated rings. The molecule has 3 N–H and O–H groups in total. The maximum atomic E-state index is 13.2. The summed E-state index contributed by atoms with van der Waals surface area (Å²) in [5, 5.41) is 17.9. The van der Waals surface area contributed by atoms with Crippen molar-refractivity contribution in [3.63, 3.8) is 0 Å². The predicted octanol–water partition coefficient (Wildman–Crippen LogP) is 4.78. The molecule has 1 saturated heterocycles. The molecule has 0 radical (unpaired) electrons. The van der Waals surface area contributed by atoms with Crippen LogP contribution >= 0.6 is 0 Å². The largest absolute Gasteiger partial charge is 0.473 e. The number of carboxylic acids is 2. The van der Waals surface area contributed by atoms with Gasteiger partial charge in [-0.25, -0.2) is 14.0 Å². The third-order valence-electron chi connectivity index (χ3n) is 4.85. The summed E-state index contributed by atoms with van der Waals surface area (Å²) >= 11 is 0. The molecule has 198 valence electrons. The van der Waals surface area contributed by atoms with E-state index in [1.165, 1.54) is 31.2 Å². The Morgan fingerprint density at radius 3 is 1.92 bits per heavy atom. The summed E-state index contributed by atoms with van der Waals surface area (Å²) in [5.41, 5.74) is -2.52. The fourth-order valence-corrected chi connectivity index (χ4v) is 3.14. The smallest absolute Gasteiger partial charge is 0.416 e. The van der Waals surface area contributed by atoms with Crippen LogP contribution < -0.4 is 5.32 Å². The van der Waals surface area contributed by atoms with Gasteiger partial charge in [-0.2, -0.15) is 26.3 Å². The van der Waals surface area contributed by atoms with Gasteiger partial charge in [0.05, 0.1) is 29.9 Å². The van der Waals surface area contributed by atoms with E-state index in [-0.39, 0.29) is 18.2 Å². The SMILES string of the molecule is C[C@@H](O[C@H]1OCCN[C@H]1c1ccc(F)cc1)c1cc(C(F)(F)F)cc(C(F)(F)F)c1.O=C(O)C(=O)O. The van der Waals surface area contributed by atoms with E-state index < -0.39 is 59.7 Å². The first-order valence-electron chi connectivity index (χ1n) is 10.1. The number of nitrogens with one attached hydrogen (secondary N) is 1. The van der Waals surface area contributed by atoms with Crippen molar-refractivity contribution in [1.29, 1.82) is 0 Å². The van der Waals surface area contributed by atoms with E-state index >= 15 is 0 Å². The Labute approximate surface area is 199 Å². The number of morpholine rings is 1. The molecule has 0 amide bonds. The zero-order valence-corrected chi connectivity index (χ0v) is 18.4. The molecule has 14 heteroatoms. The Hall–Kier alpha value is -3.23. The van der Waals surface area contributed by atoms with Gasteiger partial charge in [-0.15, -0.1) is 0 Å². The molecule has 3 atom stereocenters. The number of carbonyl (C=O) groups is 2. The number of rotatable bonds is 4. The molecule has 3 rings (SSSR count). The normalized spacial score (nSPS) is 19.1. The van der Waals surface area contributed by atoms with Crippen LogP contribution in [0.2, 0.25) is 0 Å². The van der Waals surface area contributed by atoms with Crippen molar-refractivity contribution < 1.29 is 60.0 Å². The number of alkyl halides is 6. The van der Waals surface area contributed by atoms with Gasteiger partial charge in [0.1, 0.15) is 5.82 Å². The van der Waals surface area contributed by atoms with Crippen LogP contribution in [-0.2, 0) is 31.4 Å². The predicted molar refractivity (Wildman–Crippen MR) is 108 cm³/mol. The summed E-state index contributed by atoms with van der Waals surface area (Å²) in [5.74, 6) is -4.10. The molecule has 2 aromatic rings. The first-order valence-corrected chi connectivity index (χ1v) is 10.1. The lowest BCUT2D eigenvalue weighted by Crippen LogP contribution is -2.43. The Bertz CT molecular complexity index is 1010. The fourth-order valence-electron chi connectivity index (χ4n) is 3.14. The van der Waals surface area contributed by atoms with Crippen LogP contribution in [-0.4, -0.2) is 41.6 Å². The maximum absolute atomic E-state index is 13.2. The van der Waals surface area contributed by atoms with E-state index in [0.29, 0.717) is 24.2 Å². The van der Waals surface area contributed by atoms with Crippen molar-refractivity contribution in [3.8, 4) is 0 Å². The molecule has 0 aliphatic carbocycles. The number of aliphatic carboxylic acids is 2. The molecule has 0 aromatic heterocycles. The first-order chi connectivity index (χ1) is 16.6. The van der Waals surface area contributed by atoms with Gasteiger partial charge in [0.2, 0.25) is 0 Å². The Morgan fingerprint density at radius 1 is 0.972 bits per heavy atom. The van der Waals surface area contributed by atoms with Crippen molar-refractivity contribution in [1.82, 2.24) is 5.32 Å². The number of benzene rings is 2. The minimum absolute atomic E-state index is 0.0657. The van der Waals surface area contributed by atoms with Crippen molar-refractivity contribution in [3.05, 3.63) is 70.5 Å². The van der Waals surface area contributed by atoms with Crippen molar-refractivity contribution >= 4 is 11.9 Å². The van der Waals surface area contributed by atoms with Crippen LogP contribution in [0.15, 0.2) is 42.5 Å². The van der Waals surface area contributed by atoms with Gasteiger partial charge in [0.25, 0.3) is 0 Å². The molecule has 0 unspecified atom stereocenters. The quantitative estimate of drug-likeness (QED) is 0.388. The summed E-state index contributed by atoms with van der Waals surface area (Å²) in [7, 11) is 0. The third kappa shape index (κ3) is 8.17. The highest BCUT2D eigenvalue weighted by Gasteiger charge is 2.38. The van der Waals surface area contributed by atoms with E-state index in [9.17, 15) is 30.7 Å². The second-order valence-electron chi connectivity index (χ2n) is 7.45. The van der Waals surface area contributed by atoms with Gasteiger partial charge < -0.3 is 25.0 Å². The lowest BCUT2D eigenvalue weighted by atomic mass is 10.0. The average molecular weight is 527 g/mol. The zero-order valence-electron chi connectivity index (χ0n) is 18.4. The van der Waals surface area contributed by atoms with Gasteiger partial charge in [0.15, 0.2) is 6.29 Å². The van der Waals surface area contributed by atoms with E-state index in [4.69, 9.17) is 29.3 Å². The molecule has 0 spiro atoms. The number of hydrogen-bond donors (Lipinski definition) is 3. The van der Waals surface area contributed by atoms with Crippen LogP contribution in [0.25, 0.3) is 0 Å². The molecule has 2 aromatic carbocycles. The van der Waals surface area contributed by atoms with Gasteiger partial charge in [-0.3, -0.25) is 0 Å². The molecule has 0 bridgehead atoms. The molecule has 7 nitrogen and oxygen atoms in total. The minimum Gasteiger partial charge on any atom is -0.473 e. The van der Waals surface area contributed by atoms with E-state index in [1.54, 1.807) is 0 Å². The van der Waals surface area contributed by atoms with E-state index in [0.717, 1.165) is 0 Å². The molecule has 1 aliphatic rings. The average Bonchev–Trinajstić information content (AvgIpc) is 2.79. The van der Waals surface area contributed by atoms with Gasteiger partial charge >= 0.3 is 24.3 Å². The summed E-state index contributed by atoms with van der Waals surface area (Å²) in [4.78, 5) is 18.2. The zero-order chi connectivity index (χ0) is 27.3. The molecule has 0 saturated carbocycles. The number of carboxylic acid groups (broad SMARTS) is 2. The lowest BCUT2D eigenvalue weighted by Gasteiger charge is -2.34. The monoisotopic (exact) mass is 527 g/mol. The Balaban J connectivity index is 0.000000678. The Kier molecular flexibility index (Phi) is 9.40. The second kappa shape index (κ2) is 11.7. The summed E-state index contributed by atoms with van der Waals surface area (Å²) < 4.78 is 103. The van der Waals surface area contributed by atoms with E-state index in [2.05, 4.69) is 5.32 Å². The minimum atomic E-state index is -4.95.